The molecule has 2 amide bonds. The van der Waals surface area contributed by atoms with E-state index in [1.54, 1.807) is 32.7 Å². The molecule has 38 heavy (non-hydrogen) atoms. The van der Waals surface area contributed by atoms with Gasteiger partial charge in [0.2, 0.25) is 0 Å². The number of likely N-dealkylation sites (tertiary alicyclic amines) is 1. The normalized spacial score (nSPS) is 17.7. The summed E-state index contributed by atoms with van der Waals surface area (Å²) in [5.41, 5.74) is 1.78. The predicted molar refractivity (Wildman–Crippen MR) is 141 cm³/mol. The monoisotopic (exact) mass is 518 g/mol. The number of benzene rings is 2. The first-order valence-corrected chi connectivity index (χ1v) is 12.6. The second kappa shape index (κ2) is 9.92. The number of carbonyl (C=O) groups excluding carboxylic acids is 2. The molecule has 9 nitrogen and oxygen atoms in total. The number of halogens is 1. The molecule has 2 aromatic heterocycles. The number of hydrogen-bond acceptors (Lipinski definition) is 5. The lowest BCUT2D eigenvalue weighted by Gasteiger charge is -2.28. The average Bonchev–Trinajstić information content (AvgIpc) is 3.59. The van der Waals surface area contributed by atoms with Crippen LogP contribution in [0, 0.1) is 5.82 Å². The predicted octanol–water partition coefficient (Wildman–Crippen LogP) is 4.38. The van der Waals surface area contributed by atoms with Crippen LogP contribution in [-0.4, -0.2) is 60.7 Å². The summed E-state index contributed by atoms with van der Waals surface area (Å²) in [6.45, 7) is 6.15. The Hall–Kier alpha value is -4.21. The zero-order valence-corrected chi connectivity index (χ0v) is 21.9. The molecule has 1 aliphatic rings. The number of aromatic nitrogens is 4. The Kier molecular flexibility index (Phi) is 6.64. The van der Waals surface area contributed by atoms with Crippen molar-refractivity contribution in [2.45, 2.75) is 51.4 Å². The van der Waals surface area contributed by atoms with Crippen molar-refractivity contribution in [3.8, 4) is 11.1 Å². The highest BCUT2D eigenvalue weighted by atomic mass is 19.1. The van der Waals surface area contributed by atoms with E-state index in [0.29, 0.717) is 18.5 Å². The molecule has 198 valence electrons. The van der Waals surface area contributed by atoms with Gasteiger partial charge >= 0.3 is 6.09 Å². The van der Waals surface area contributed by atoms with Gasteiger partial charge in [0.1, 0.15) is 11.4 Å². The van der Waals surface area contributed by atoms with E-state index in [9.17, 15) is 9.59 Å². The summed E-state index contributed by atoms with van der Waals surface area (Å²) in [6.07, 6.45) is 5.30. The molecule has 4 aromatic rings. The van der Waals surface area contributed by atoms with Crippen molar-refractivity contribution in [1.82, 2.24) is 29.8 Å². The van der Waals surface area contributed by atoms with E-state index in [1.807, 2.05) is 58.3 Å². The number of carbonyl (C=O) groups is 2. The van der Waals surface area contributed by atoms with Crippen LogP contribution < -0.4 is 5.32 Å². The summed E-state index contributed by atoms with van der Waals surface area (Å²) in [6, 6.07) is 11.6. The van der Waals surface area contributed by atoms with E-state index < -0.39 is 23.4 Å². The van der Waals surface area contributed by atoms with Crippen LogP contribution in [0.15, 0.2) is 61.1 Å². The third-order valence-corrected chi connectivity index (χ3v) is 6.63. The average molecular weight is 519 g/mol. The second-order valence-electron chi connectivity index (χ2n) is 10.7. The van der Waals surface area contributed by atoms with Crippen LogP contribution >= 0.6 is 0 Å². The van der Waals surface area contributed by atoms with Crippen molar-refractivity contribution < 1.29 is 18.7 Å². The molecule has 0 saturated carbocycles. The van der Waals surface area contributed by atoms with Crippen LogP contribution in [0.1, 0.15) is 37.6 Å². The van der Waals surface area contributed by atoms with Gasteiger partial charge in [-0.05, 0) is 68.7 Å². The van der Waals surface area contributed by atoms with Crippen molar-refractivity contribution in [2.75, 3.05) is 6.54 Å². The molecule has 0 radical (unpaired) electrons. The quantitative estimate of drug-likeness (QED) is 0.423. The first-order chi connectivity index (χ1) is 18.1. The van der Waals surface area contributed by atoms with Crippen molar-refractivity contribution >= 4 is 22.9 Å². The summed E-state index contributed by atoms with van der Waals surface area (Å²) < 4.78 is 24.2. The number of hydrogen-bond donors (Lipinski definition) is 1. The Labute approximate surface area is 220 Å². The molecule has 1 saturated heterocycles. The van der Waals surface area contributed by atoms with Crippen molar-refractivity contribution in [3.63, 3.8) is 0 Å². The van der Waals surface area contributed by atoms with Gasteiger partial charge in [-0.2, -0.15) is 10.2 Å². The van der Waals surface area contributed by atoms with E-state index >= 15 is 4.39 Å². The molecule has 0 bridgehead atoms. The Morgan fingerprint density at radius 2 is 1.89 bits per heavy atom. The topological polar surface area (TPSA) is 94.3 Å². The Balaban J connectivity index is 1.30. The van der Waals surface area contributed by atoms with Gasteiger partial charge in [0.15, 0.2) is 0 Å². The lowest BCUT2D eigenvalue weighted by molar-refractivity contribution is 0.0208. The van der Waals surface area contributed by atoms with Gasteiger partial charge in [-0.15, -0.1) is 0 Å². The molecule has 0 aliphatic carbocycles. The van der Waals surface area contributed by atoms with Crippen LogP contribution in [-0.2, 0) is 18.3 Å². The van der Waals surface area contributed by atoms with Gasteiger partial charge in [0.25, 0.3) is 5.91 Å². The highest BCUT2D eigenvalue weighted by Gasteiger charge is 2.38. The molecule has 2 atom stereocenters. The number of amides is 2. The molecule has 1 aliphatic heterocycles. The van der Waals surface area contributed by atoms with Crippen molar-refractivity contribution in [3.05, 3.63) is 72.4 Å². The van der Waals surface area contributed by atoms with Crippen LogP contribution in [0.25, 0.3) is 22.0 Å². The number of rotatable bonds is 5. The first-order valence-electron chi connectivity index (χ1n) is 12.6. The molecule has 3 heterocycles. The van der Waals surface area contributed by atoms with E-state index in [2.05, 4.69) is 15.5 Å². The number of ether oxygens (including phenoxy) is 1. The molecule has 5 rings (SSSR count). The first kappa shape index (κ1) is 25.4. The molecular weight excluding hydrogens is 487 g/mol. The fourth-order valence-electron chi connectivity index (χ4n) is 4.85. The minimum Gasteiger partial charge on any atom is -0.444 e. The summed E-state index contributed by atoms with van der Waals surface area (Å²) in [4.78, 5) is 27.6. The molecule has 1 N–H and O–H groups in total. The summed E-state index contributed by atoms with van der Waals surface area (Å²) in [5, 5.41) is 12.3. The maximum absolute atomic E-state index is 15.1. The Bertz CT molecular complexity index is 1470. The smallest absolute Gasteiger partial charge is 0.410 e. The SMILES string of the molecule is Cn1ncc2cc(-c3ccc(C(=O)N[C@@H]4C[C@@H](Cn5cccn5)N(C(=O)OC(C)(C)C)C4)c(F)c3)ccc21. The molecule has 0 unspecified atom stereocenters. The highest BCUT2D eigenvalue weighted by molar-refractivity contribution is 5.95. The van der Waals surface area contributed by atoms with Crippen LogP contribution in [0.5, 0.6) is 0 Å². The van der Waals surface area contributed by atoms with E-state index in [0.717, 1.165) is 16.5 Å². The minimum absolute atomic E-state index is 0.0458. The summed E-state index contributed by atoms with van der Waals surface area (Å²) in [7, 11) is 1.87. The number of nitrogens with zero attached hydrogens (tertiary/aromatic N) is 5. The van der Waals surface area contributed by atoms with Gasteiger partial charge in [-0.25, -0.2) is 9.18 Å². The maximum atomic E-state index is 15.1. The maximum Gasteiger partial charge on any atom is 0.410 e. The minimum atomic E-state index is -0.652. The second-order valence-corrected chi connectivity index (χ2v) is 10.7. The number of aryl methyl sites for hydroxylation is 1. The van der Waals surface area contributed by atoms with E-state index in [1.165, 1.54) is 12.1 Å². The van der Waals surface area contributed by atoms with Crippen molar-refractivity contribution in [1.29, 1.82) is 0 Å². The van der Waals surface area contributed by atoms with Gasteiger partial charge < -0.3 is 15.0 Å². The number of fused-ring (bicyclic) bond motifs is 1. The van der Waals surface area contributed by atoms with E-state index in [-0.39, 0.29) is 24.2 Å². The Morgan fingerprint density at radius 3 is 2.61 bits per heavy atom. The highest BCUT2D eigenvalue weighted by Crippen LogP contribution is 2.27. The van der Waals surface area contributed by atoms with Crippen LogP contribution in [0.2, 0.25) is 0 Å². The molecule has 0 spiro atoms. The zero-order chi connectivity index (χ0) is 27.0. The summed E-state index contributed by atoms with van der Waals surface area (Å²) >= 11 is 0. The van der Waals surface area contributed by atoms with Gasteiger partial charge in [-0.1, -0.05) is 12.1 Å². The zero-order valence-electron chi connectivity index (χ0n) is 21.9. The Morgan fingerprint density at radius 1 is 1.13 bits per heavy atom. The lowest BCUT2D eigenvalue weighted by Crippen LogP contribution is -2.43. The molecule has 10 heteroatoms. The van der Waals surface area contributed by atoms with Crippen LogP contribution in [0.3, 0.4) is 0 Å². The van der Waals surface area contributed by atoms with Gasteiger partial charge in [-0.3, -0.25) is 14.2 Å². The number of nitrogens with one attached hydrogen (secondary N) is 1. The standard InChI is InChI=1S/C28H31FN6O3/c1-28(2,3)38-27(37)35-16-21(14-22(35)17-34-11-5-10-30-34)32-26(36)23-8-6-19(13-24(23)29)18-7-9-25-20(12-18)15-31-33(25)4/h5-13,15,21-22H,14,16-17H2,1-4H3,(H,32,36)/t21-,22+/m1/s1. The molecule has 1 fully saturated rings. The van der Waals surface area contributed by atoms with Gasteiger partial charge in [0, 0.05) is 37.4 Å². The molecule has 2 aromatic carbocycles. The van der Waals surface area contributed by atoms with Crippen molar-refractivity contribution in [2.24, 2.45) is 7.05 Å². The fourth-order valence-corrected chi connectivity index (χ4v) is 4.85. The largest absolute Gasteiger partial charge is 0.444 e. The van der Waals surface area contributed by atoms with Crippen LogP contribution in [0.4, 0.5) is 9.18 Å². The third kappa shape index (κ3) is 5.39. The third-order valence-electron chi connectivity index (χ3n) is 6.63. The fraction of sp³-hybridized carbons (Fsp3) is 0.357. The van der Waals surface area contributed by atoms with Gasteiger partial charge in [0.05, 0.1) is 29.9 Å². The summed E-state index contributed by atoms with van der Waals surface area (Å²) in [5.74, 6) is -1.13. The lowest BCUT2D eigenvalue weighted by atomic mass is 10.0. The molecular formula is C28H31FN6O3. The van der Waals surface area contributed by atoms with E-state index in [4.69, 9.17) is 4.74 Å².